The molecule has 2 heterocycles. The average Bonchev–Trinajstić information content (AvgIpc) is 2.49. The largest absolute Gasteiger partial charge is 0.487 e. The highest BCUT2D eigenvalue weighted by atomic mass is 16.5. The summed E-state index contributed by atoms with van der Waals surface area (Å²) >= 11 is 0. The van der Waals surface area contributed by atoms with E-state index in [1.807, 2.05) is 12.1 Å². The van der Waals surface area contributed by atoms with Crippen LogP contribution in [0.3, 0.4) is 0 Å². The number of piperidine rings is 1. The van der Waals surface area contributed by atoms with Gasteiger partial charge < -0.3 is 10.1 Å². The van der Waals surface area contributed by atoms with Crippen molar-refractivity contribution < 1.29 is 4.74 Å². The number of hydrogen-bond acceptors (Lipinski definition) is 4. The Balaban J connectivity index is 1.71. The molecule has 0 aliphatic carbocycles. The van der Waals surface area contributed by atoms with Gasteiger partial charge in [0.25, 0.3) is 0 Å². The monoisotopic (exact) mass is 269 g/mol. The molecule has 0 saturated carbocycles. The minimum absolute atomic E-state index is 0.282. The van der Waals surface area contributed by atoms with Crippen molar-refractivity contribution in [2.75, 3.05) is 13.1 Å². The number of nitrogens with zero attached hydrogens (tertiary/aromatic N) is 2. The molecule has 1 aliphatic heterocycles. The number of rotatable bonds is 3. The number of benzene rings is 1. The van der Waals surface area contributed by atoms with E-state index >= 15 is 0 Å². The van der Waals surface area contributed by atoms with Gasteiger partial charge in [0.05, 0.1) is 12.4 Å². The van der Waals surface area contributed by atoms with Crippen molar-refractivity contribution in [1.29, 1.82) is 0 Å². The van der Waals surface area contributed by atoms with Crippen LogP contribution in [0.25, 0.3) is 11.4 Å². The zero-order valence-electron chi connectivity index (χ0n) is 11.7. The Morgan fingerprint density at radius 3 is 2.60 bits per heavy atom. The maximum atomic E-state index is 5.90. The van der Waals surface area contributed by atoms with Crippen molar-refractivity contribution >= 4 is 0 Å². The first-order valence-corrected chi connectivity index (χ1v) is 7.08. The molecule has 1 aliphatic rings. The minimum Gasteiger partial charge on any atom is -0.487 e. The maximum absolute atomic E-state index is 5.90. The van der Waals surface area contributed by atoms with Crippen LogP contribution in [0.15, 0.2) is 36.7 Å². The molecule has 4 nitrogen and oxygen atoms in total. The molecule has 4 heteroatoms. The Morgan fingerprint density at radius 1 is 1.15 bits per heavy atom. The van der Waals surface area contributed by atoms with Crippen LogP contribution in [0.5, 0.6) is 5.75 Å². The standard InChI is InChI=1S/C16H19N3O/c1-12-3-2-4-13(9-12)16-18-10-15(11-19-16)20-14-5-7-17-8-6-14/h2-4,9-11,14,17H,5-8H2,1H3. The highest BCUT2D eigenvalue weighted by molar-refractivity contribution is 5.55. The van der Waals surface area contributed by atoms with E-state index < -0.39 is 0 Å². The number of aromatic nitrogens is 2. The van der Waals surface area contributed by atoms with Crippen LogP contribution in [-0.4, -0.2) is 29.2 Å². The van der Waals surface area contributed by atoms with Crippen molar-refractivity contribution in [3.63, 3.8) is 0 Å². The molecule has 1 aromatic carbocycles. The number of ether oxygens (including phenoxy) is 1. The Kier molecular flexibility index (Phi) is 3.92. The summed E-state index contributed by atoms with van der Waals surface area (Å²) in [7, 11) is 0. The van der Waals surface area contributed by atoms with E-state index in [-0.39, 0.29) is 6.10 Å². The second-order valence-corrected chi connectivity index (χ2v) is 5.18. The molecule has 1 N–H and O–H groups in total. The van der Waals surface area contributed by atoms with E-state index in [1.54, 1.807) is 12.4 Å². The quantitative estimate of drug-likeness (QED) is 0.930. The van der Waals surface area contributed by atoms with Gasteiger partial charge in [0, 0.05) is 5.56 Å². The molecular formula is C16H19N3O. The van der Waals surface area contributed by atoms with E-state index in [1.165, 1.54) is 5.56 Å². The van der Waals surface area contributed by atoms with E-state index in [2.05, 4.69) is 34.3 Å². The Bertz CT molecular complexity index is 562. The van der Waals surface area contributed by atoms with Crippen LogP contribution in [0.2, 0.25) is 0 Å². The molecule has 2 aromatic rings. The summed E-state index contributed by atoms with van der Waals surface area (Å²) in [5, 5.41) is 3.33. The third-order valence-corrected chi connectivity index (χ3v) is 3.49. The second-order valence-electron chi connectivity index (χ2n) is 5.18. The number of nitrogens with one attached hydrogen (secondary N) is 1. The molecule has 0 atom stereocenters. The lowest BCUT2D eigenvalue weighted by molar-refractivity contribution is 0.161. The summed E-state index contributed by atoms with van der Waals surface area (Å²) in [5.41, 5.74) is 2.25. The molecule has 104 valence electrons. The molecule has 1 aromatic heterocycles. The normalized spacial score (nSPS) is 16.1. The van der Waals surface area contributed by atoms with Crippen LogP contribution < -0.4 is 10.1 Å². The van der Waals surface area contributed by atoms with Gasteiger partial charge in [0.1, 0.15) is 6.10 Å². The summed E-state index contributed by atoms with van der Waals surface area (Å²) in [4.78, 5) is 8.81. The number of hydrogen-bond donors (Lipinski definition) is 1. The Labute approximate surface area is 119 Å². The van der Waals surface area contributed by atoms with Crippen molar-refractivity contribution in [3.8, 4) is 17.1 Å². The molecule has 0 amide bonds. The highest BCUT2D eigenvalue weighted by Crippen LogP contribution is 2.19. The third kappa shape index (κ3) is 3.14. The van der Waals surface area contributed by atoms with Crippen molar-refractivity contribution in [2.45, 2.75) is 25.9 Å². The van der Waals surface area contributed by atoms with E-state index in [0.29, 0.717) is 0 Å². The van der Waals surface area contributed by atoms with Gasteiger partial charge in [-0.1, -0.05) is 23.8 Å². The van der Waals surface area contributed by atoms with Gasteiger partial charge in [-0.05, 0) is 38.9 Å². The van der Waals surface area contributed by atoms with Crippen LogP contribution >= 0.6 is 0 Å². The highest BCUT2D eigenvalue weighted by Gasteiger charge is 2.14. The van der Waals surface area contributed by atoms with Crippen LogP contribution in [-0.2, 0) is 0 Å². The molecule has 0 bridgehead atoms. The SMILES string of the molecule is Cc1cccc(-c2ncc(OC3CCNCC3)cn2)c1. The summed E-state index contributed by atoms with van der Waals surface area (Å²) in [6.45, 7) is 4.11. The zero-order chi connectivity index (χ0) is 13.8. The fourth-order valence-corrected chi connectivity index (χ4v) is 2.42. The van der Waals surface area contributed by atoms with E-state index in [0.717, 1.165) is 43.1 Å². The Morgan fingerprint density at radius 2 is 1.90 bits per heavy atom. The van der Waals surface area contributed by atoms with Crippen LogP contribution in [0.1, 0.15) is 18.4 Å². The van der Waals surface area contributed by atoms with Gasteiger partial charge in [-0.3, -0.25) is 0 Å². The summed E-state index contributed by atoms with van der Waals surface area (Å²) in [6, 6.07) is 8.20. The molecule has 20 heavy (non-hydrogen) atoms. The van der Waals surface area contributed by atoms with Crippen LogP contribution in [0.4, 0.5) is 0 Å². The van der Waals surface area contributed by atoms with Crippen molar-refractivity contribution in [2.24, 2.45) is 0 Å². The molecule has 0 spiro atoms. The van der Waals surface area contributed by atoms with Gasteiger partial charge >= 0.3 is 0 Å². The van der Waals surface area contributed by atoms with E-state index in [4.69, 9.17) is 4.74 Å². The minimum atomic E-state index is 0.282. The zero-order valence-corrected chi connectivity index (χ0v) is 11.7. The smallest absolute Gasteiger partial charge is 0.159 e. The third-order valence-electron chi connectivity index (χ3n) is 3.49. The molecule has 0 radical (unpaired) electrons. The molecule has 1 fully saturated rings. The van der Waals surface area contributed by atoms with Crippen molar-refractivity contribution in [3.05, 3.63) is 42.2 Å². The predicted molar refractivity (Wildman–Crippen MR) is 78.7 cm³/mol. The summed E-state index contributed by atoms with van der Waals surface area (Å²) in [5.74, 6) is 1.50. The lowest BCUT2D eigenvalue weighted by atomic mass is 10.1. The lowest BCUT2D eigenvalue weighted by Gasteiger charge is -2.23. The molecular weight excluding hydrogens is 250 g/mol. The Hall–Kier alpha value is -1.94. The summed E-state index contributed by atoms with van der Waals surface area (Å²) < 4.78 is 5.90. The second kappa shape index (κ2) is 6.01. The molecule has 3 rings (SSSR count). The summed E-state index contributed by atoms with van der Waals surface area (Å²) in [6.07, 6.45) is 5.91. The molecule has 0 unspecified atom stereocenters. The van der Waals surface area contributed by atoms with Gasteiger partial charge in [-0.15, -0.1) is 0 Å². The first kappa shape index (κ1) is 13.1. The predicted octanol–water partition coefficient (Wildman–Crippen LogP) is 2.58. The van der Waals surface area contributed by atoms with Gasteiger partial charge in [0.2, 0.25) is 0 Å². The topological polar surface area (TPSA) is 47.0 Å². The lowest BCUT2D eigenvalue weighted by Crippen LogP contribution is -2.34. The maximum Gasteiger partial charge on any atom is 0.159 e. The van der Waals surface area contributed by atoms with E-state index in [9.17, 15) is 0 Å². The molecule has 1 saturated heterocycles. The van der Waals surface area contributed by atoms with Crippen molar-refractivity contribution in [1.82, 2.24) is 15.3 Å². The average molecular weight is 269 g/mol. The fraction of sp³-hybridized carbons (Fsp3) is 0.375. The number of aryl methyl sites for hydroxylation is 1. The van der Waals surface area contributed by atoms with Gasteiger partial charge in [0.15, 0.2) is 11.6 Å². The van der Waals surface area contributed by atoms with Crippen LogP contribution in [0, 0.1) is 6.92 Å². The first-order valence-electron chi connectivity index (χ1n) is 7.08. The fourth-order valence-electron chi connectivity index (χ4n) is 2.42. The van der Waals surface area contributed by atoms with Gasteiger partial charge in [-0.2, -0.15) is 0 Å². The first-order chi connectivity index (χ1) is 9.81. The van der Waals surface area contributed by atoms with Gasteiger partial charge in [-0.25, -0.2) is 9.97 Å².